The van der Waals surface area contributed by atoms with Gasteiger partial charge in [0.2, 0.25) is 17.7 Å². The summed E-state index contributed by atoms with van der Waals surface area (Å²) < 4.78 is 5.68. The zero-order valence-corrected chi connectivity index (χ0v) is 21.7. The first kappa shape index (κ1) is 23.4. The SMILES string of the molecule is Cc1cc(OC(=O)[C@@H]2CC(=O)N(c3cccc(C)c3C)C2)ccc1N1C(=O)[C@@H]2[C@H]3C=C[C@@H]([C@@H]4C[C@@H]34)[C@H]2C1=O. The molecular weight excluding hydrogens is 480 g/mol. The van der Waals surface area contributed by atoms with Crippen molar-refractivity contribution in [2.45, 2.75) is 33.6 Å². The van der Waals surface area contributed by atoms with E-state index in [-0.39, 0.29) is 54.4 Å². The van der Waals surface area contributed by atoms with Crippen molar-refractivity contribution in [1.82, 2.24) is 0 Å². The number of hydrogen-bond donors (Lipinski definition) is 0. The van der Waals surface area contributed by atoms with Crippen LogP contribution in [0.5, 0.6) is 5.75 Å². The molecule has 2 bridgehead atoms. The Morgan fingerprint density at radius 3 is 2.21 bits per heavy atom. The number of anilines is 2. The van der Waals surface area contributed by atoms with E-state index in [1.807, 2.05) is 39.0 Å². The highest BCUT2D eigenvalue weighted by Crippen LogP contribution is 2.65. The highest BCUT2D eigenvalue weighted by Gasteiger charge is 2.67. The summed E-state index contributed by atoms with van der Waals surface area (Å²) in [6.45, 7) is 6.07. The van der Waals surface area contributed by atoms with Crippen LogP contribution in [0.2, 0.25) is 0 Å². The van der Waals surface area contributed by atoms with Gasteiger partial charge in [-0.3, -0.25) is 19.2 Å². The van der Waals surface area contributed by atoms with E-state index in [1.54, 1.807) is 23.1 Å². The molecule has 2 saturated heterocycles. The van der Waals surface area contributed by atoms with Gasteiger partial charge in [-0.1, -0.05) is 24.3 Å². The number of carbonyl (C=O) groups excluding carboxylic acids is 4. The number of benzene rings is 2. The van der Waals surface area contributed by atoms with E-state index in [0.29, 0.717) is 28.8 Å². The zero-order chi connectivity index (χ0) is 26.5. The van der Waals surface area contributed by atoms with E-state index in [9.17, 15) is 19.2 Å². The monoisotopic (exact) mass is 510 g/mol. The predicted molar refractivity (Wildman–Crippen MR) is 140 cm³/mol. The van der Waals surface area contributed by atoms with Crippen molar-refractivity contribution < 1.29 is 23.9 Å². The van der Waals surface area contributed by atoms with E-state index < -0.39 is 11.9 Å². The Morgan fingerprint density at radius 2 is 1.55 bits per heavy atom. The van der Waals surface area contributed by atoms with Gasteiger partial charge in [0.1, 0.15) is 5.75 Å². The molecule has 2 aliphatic heterocycles. The Bertz CT molecular complexity index is 1420. The third-order valence-electron chi connectivity index (χ3n) is 9.62. The summed E-state index contributed by atoms with van der Waals surface area (Å²) in [6.07, 6.45) is 5.56. The van der Waals surface area contributed by atoms with Crippen LogP contribution in [-0.2, 0) is 19.2 Å². The molecule has 7 nitrogen and oxygen atoms in total. The van der Waals surface area contributed by atoms with Gasteiger partial charge in [-0.05, 0) is 91.8 Å². The first-order valence-corrected chi connectivity index (χ1v) is 13.5. The Balaban J connectivity index is 1.07. The Labute approximate surface area is 221 Å². The van der Waals surface area contributed by atoms with Crippen LogP contribution in [-0.4, -0.2) is 30.2 Å². The number of carbonyl (C=O) groups is 4. The normalized spacial score (nSPS) is 32.6. The summed E-state index contributed by atoms with van der Waals surface area (Å²) >= 11 is 0. The van der Waals surface area contributed by atoms with Gasteiger partial charge in [0, 0.05) is 18.7 Å². The number of allylic oxidation sites excluding steroid dienone is 2. The minimum Gasteiger partial charge on any atom is -0.426 e. The van der Waals surface area contributed by atoms with Gasteiger partial charge in [-0.2, -0.15) is 0 Å². The lowest BCUT2D eigenvalue weighted by atomic mass is 9.63. The maximum atomic E-state index is 13.5. The van der Waals surface area contributed by atoms with Gasteiger partial charge in [0.15, 0.2) is 0 Å². The molecule has 7 heteroatoms. The molecule has 0 N–H and O–H groups in total. The van der Waals surface area contributed by atoms with E-state index in [1.165, 1.54) is 4.90 Å². The minimum absolute atomic E-state index is 0.0965. The van der Waals surface area contributed by atoms with Crippen LogP contribution >= 0.6 is 0 Å². The van der Waals surface area contributed by atoms with Crippen LogP contribution in [0.3, 0.4) is 0 Å². The third-order valence-corrected chi connectivity index (χ3v) is 9.62. The molecule has 0 spiro atoms. The number of esters is 1. The van der Waals surface area contributed by atoms with Crippen LogP contribution in [0, 0.1) is 62.2 Å². The molecule has 8 rings (SSSR count). The molecule has 7 atom stereocenters. The Morgan fingerprint density at radius 1 is 0.868 bits per heavy atom. The zero-order valence-electron chi connectivity index (χ0n) is 21.7. The molecule has 4 fully saturated rings. The predicted octanol–water partition coefficient (Wildman–Crippen LogP) is 4.13. The lowest BCUT2D eigenvalue weighted by Gasteiger charge is -2.37. The molecule has 6 aliphatic rings. The van der Waals surface area contributed by atoms with E-state index >= 15 is 0 Å². The number of ether oxygens (including phenoxy) is 1. The van der Waals surface area contributed by atoms with Gasteiger partial charge in [-0.15, -0.1) is 0 Å². The summed E-state index contributed by atoms with van der Waals surface area (Å²) in [5.74, 6) is -0.0322. The number of amides is 3. The van der Waals surface area contributed by atoms with Crippen molar-refractivity contribution in [1.29, 1.82) is 0 Å². The Kier molecular flexibility index (Phi) is 5.00. The smallest absolute Gasteiger partial charge is 0.316 e. The van der Waals surface area contributed by atoms with Crippen molar-refractivity contribution in [2.75, 3.05) is 16.3 Å². The topological polar surface area (TPSA) is 84.0 Å². The second-order valence-corrected chi connectivity index (χ2v) is 11.7. The fourth-order valence-corrected chi connectivity index (χ4v) is 7.46. The van der Waals surface area contributed by atoms with Crippen LogP contribution in [0.25, 0.3) is 0 Å². The van der Waals surface area contributed by atoms with Crippen molar-refractivity contribution in [2.24, 2.45) is 41.4 Å². The van der Waals surface area contributed by atoms with Gasteiger partial charge >= 0.3 is 5.97 Å². The summed E-state index contributed by atoms with van der Waals surface area (Å²) in [6, 6.07) is 10.8. The molecule has 3 amide bonds. The fraction of sp³-hybridized carbons (Fsp3) is 0.419. The maximum Gasteiger partial charge on any atom is 0.316 e. The second kappa shape index (κ2) is 8.13. The number of rotatable bonds is 4. The molecule has 2 heterocycles. The quantitative estimate of drug-likeness (QED) is 0.267. The van der Waals surface area contributed by atoms with Crippen LogP contribution in [0.15, 0.2) is 48.6 Å². The van der Waals surface area contributed by atoms with Crippen LogP contribution in [0.4, 0.5) is 11.4 Å². The molecule has 4 aliphatic carbocycles. The molecular formula is C31H30N2O5. The van der Waals surface area contributed by atoms with Crippen molar-refractivity contribution in [3.63, 3.8) is 0 Å². The summed E-state index contributed by atoms with van der Waals surface area (Å²) in [7, 11) is 0. The lowest BCUT2D eigenvalue weighted by Crippen LogP contribution is -2.40. The molecule has 0 radical (unpaired) electrons. The summed E-state index contributed by atoms with van der Waals surface area (Å²) in [5.41, 5.74) is 4.19. The van der Waals surface area contributed by atoms with Gasteiger partial charge in [0.25, 0.3) is 0 Å². The van der Waals surface area contributed by atoms with Crippen molar-refractivity contribution >= 4 is 35.1 Å². The van der Waals surface area contributed by atoms with Gasteiger partial charge in [-0.25, -0.2) is 4.90 Å². The number of imide groups is 1. The largest absolute Gasteiger partial charge is 0.426 e. The molecule has 0 unspecified atom stereocenters. The standard InChI is InChI=1S/C31H30N2O5/c1-15-5-4-6-25(17(15)3)32-14-18(12-26(32)34)31(37)38-19-7-10-24(16(2)11-19)33-29(35)27-20-8-9-21(23-13-22(20)23)28(27)30(33)36/h4-11,18,20-23,27-28H,12-14H2,1-3H3/t18-,20+,21+,22+,23+,27-,28-/m1/s1. The maximum absolute atomic E-state index is 13.5. The molecule has 2 aromatic rings. The molecule has 0 aromatic heterocycles. The van der Waals surface area contributed by atoms with E-state index in [4.69, 9.17) is 4.74 Å². The number of aryl methyl sites for hydroxylation is 2. The lowest BCUT2D eigenvalue weighted by molar-refractivity contribution is -0.139. The van der Waals surface area contributed by atoms with Crippen LogP contribution < -0.4 is 14.5 Å². The van der Waals surface area contributed by atoms with Crippen molar-refractivity contribution in [3.05, 3.63) is 65.2 Å². The first-order valence-electron chi connectivity index (χ1n) is 13.5. The molecule has 194 valence electrons. The highest BCUT2D eigenvalue weighted by molar-refractivity contribution is 6.23. The minimum atomic E-state index is -0.568. The molecule has 2 saturated carbocycles. The average molecular weight is 511 g/mol. The molecule has 38 heavy (non-hydrogen) atoms. The molecule has 2 aromatic carbocycles. The number of nitrogens with zero attached hydrogens (tertiary/aromatic N) is 2. The van der Waals surface area contributed by atoms with Crippen LogP contribution in [0.1, 0.15) is 29.5 Å². The Hall–Kier alpha value is -3.74. The summed E-state index contributed by atoms with van der Waals surface area (Å²) in [4.78, 5) is 55.7. The number of hydrogen-bond acceptors (Lipinski definition) is 5. The van der Waals surface area contributed by atoms with E-state index in [0.717, 1.165) is 23.2 Å². The third kappa shape index (κ3) is 3.27. The average Bonchev–Trinajstić information content (AvgIpc) is 3.57. The second-order valence-electron chi connectivity index (χ2n) is 11.7. The van der Waals surface area contributed by atoms with Crippen molar-refractivity contribution in [3.8, 4) is 5.75 Å². The summed E-state index contributed by atoms with van der Waals surface area (Å²) in [5, 5.41) is 0. The first-order chi connectivity index (χ1) is 18.2. The fourth-order valence-electron chi connectivity index (χ4n) is 7.46. The van der Waals surface area contributed by atoms with Gasteiger partial charge in [0.05, 0.1) is 23.4 Å². The van der Waals surface area contributed by atoms with Gasteiger partial charge < -0.3 is 9.64 Å². The van der Waals surface area contributed by atoms with E-state index in [2.05, 4.69) is 12.2 Å². The highest BCUT2D eigenvalue weighted by atomic mass is 16.5.